The largest absolute Gasteiger partial charge is 0.378 e. The predicted octanol–water partition coefficient (Wildman–Crippen LogP) is 1.75. The van der Waals surface area contributed by atoms with E-state index in [1.165, 1.54) is 0 Å². The summed E-state index contributed by atoms with van der Waals surface area (Å²) in [5.41, 5.74) is 7.68. The molecule has 4 N–H and O–H groups in total. The van der Waals surface area contributed by atoms with E-state index in [1.54, 1.807) is 0 Å². The van der Waals surface area contributed by atoms with Gasteiger partial charge in [-0.25, -0.2) is 14.4 Å². The van der Waals surface area contributed by atoms with Crippen LogP contribution < -0.4 is 16.0 Å². The summed E-state index contributed by atoms with van der Waals surface area (Å²) in [5.74, 6) is 1.56. The van der Waals surface area contributed by atoms with E-state index in [1.807, 2.05) is 19.9 Å². The summed E-state index contributed by atoms with van der Waals surface area (Å²) in [6, 6.07) is 1.86. The van der Waals surface area contributed by atoms with Gasteiger partial charge in [0.25, 0.3) is 0 Å². The summed E-state index contributed by atoms with van der Waals surface area (Å²) < 4.78 is 18.8. The first-order chi connectivity index (χ1) is 14.0. The van der Waals surface area contributed by atoms with E-state index < -0.39 is 5.82 Å². The van der Waals surface area contributed by atoms with Crippen molar-refractivity contribution in [2.45, 2.75) is 19.8 Å². The first-order valence-corrected chi connectivity index (χ1v) is 9.28. The second-order valence-corrected chi connectivity index (χ2v) is 6.81. The lowest BCUT2D eigenvalue weighted by atomic mass is 10.00. The molecule has 0 spiro atoms. The number of aromatic nitrogens is 6. The molecule has 3 aromatic heterocycles. The molecule has 152 valence electrons. The van der Waals surface area contributed by atoms with Gasteiger partial charge in [-0.05, 0) is 6.92 Å². The van der Waals surface area contributed by atoms with Crippen molar-refractivity contribution in [2.75, 3.05) is 42.3 Å². The summed E-state index contributed by atoms with van der Waals surface area (Å²) in [6.45, 7) is 6.34. The van der Waals surface area contributed by atoms with Gasteiger partial charge in [0, 0.05) is 36.3 Å². The smallest absolute Gasteiger partial charge is 0.223 e. The van der Waals surface area contributed by atoms with E-state index in [-0.39, 0.29) is 11.9 Å². The zero-order valence-corrected chi connectivity index (χ0v) is 16.2. The summed E-state index contributed by atoms with van der Waals surface area (Å²) in [6.07, 6.45) is 2.30. The summed E-state index contributed by atoms with van der Waals surface area (Å²) in [4.78, 5) is 19.3. The van der Waals surface area contributed by atoms with Gasteiger partial charge in [-0.2, -0.15) is 15.1 Å². The Labute approximate surface area is 166 Å². The van der Waals surface area contributed by atoms with Crippen molar-refractivity contribution in [1.29, 1.82) is 0 Å². The highest BCUT2D eigenvalue weighted by atomic mass is 19.1. The Hall–Kier alpha value is -3.34. The molecule has 3 aromatic rings. The maximum Gasteiger partial charge on any atom is 0.223 e. The highest BCUT2D eigenvalue weighted by molar-refractivity contribution is 5.68. The molecule has 0 saturated carbocycles. The number of ether oxygens (including phenoxy) is 1. The van der Waals surface area contributed by atoms with Gasteiger partial charge in [-0.1, -0.05) is 6.92 Å². The van der Waals surface area contributed by atoms with Gasteiger partial charge in [0.15, 0.2) is 11.6 Å². The Morgan fingerprint density at radius 2 is 1.97 bits per heavy atom. The van der Waals surface area contributed by atoms with Crippen LogP contribution in [0.2, 0.25) is 0 Å². The quantitative estimate of drug-likeness (QED) is 0.587. The average Bonchev–Trinajstić information content (AvgIpc) is 3.13. The number of hydrogen-bond donors (Lipinski definition) is 3. The topological polar surface area (TPSA) is 131 Å². The molecule has 1 saturated heterocycles. The second-order valence-electron chi connectivity index (χ2n) is 6.81. The van der Waals surface area contributed by atoms with Gasteiger partial charge in [0.2, 0.25) is 5.95 Å². The van der Waals surface area contributed by atoms with Crippen LogP contribution >= 0.6 is 0 Å². The number of H-pyrrole nitrogens is 1. The van der Waals surface area contributed by atoms with Crippen LogP contribution in [0.25, 0.3) is 0 Å². The number of nitrogen functional groups attached to an aromatic ring is 1. The Balaban J connectivity index is 1.82. The molecule has 0 unspecified atom stereocenters. The van der Waals surface area contributed by atoms with Gasteiger partial charge in [0.05, 0.1) is 25.6 Å². The van der Waals surface area contributed by atoms with Gasteiger partial charge in [-0.3, -0.25) is 5.10 Å². The molecule has 1 atom stereocenters. The molecule has 10 nitrogen and oxygen atoms in total. The zero-order chi connectivity index (χ0) is 20.4. The van der Waals surface area contributed by atoms with Gasteiger partial charge >= 0.3 is 0 Å². The van der Waals surface area contributed by atoms with Crippen molar-refractivity contribution >= 4 is 23.4 Å². The summed E-state index contributed by atoms with van der Waals surface area (Å²) in [7, 11) is 0. The minimum atomic E-state index is -0.492. The zero-order valence-electron chi connectivity index (χ0n) is 16.2. The molecule has 0 bridgehead atoms. The fraction of sp³-hybridized carbons (Fsp3) is 0.389. The number of nitrogens with two attached hydrogens (primary N) is 1. The van der Waals surface area contributed by atoms with E-state index in [4.69, 9.17) is 10.5 Å². The van der Waals surface area contributed by atoms with Crippen molar-refractivity contribution in [3.8, 4) is 0 Å². The Morgan fingerprint density at radius 3 is 2.62 bits per heavy atom. The molecular weight excluding hydrogens is 377 g/mol. The fourth-order valence-corrected chi connectivity index (χ4v) is 3.26. The number of anilines is 4. The van der Waals surface area contributed by atoms with E-state index in [9.17, 15) is 4.39 Å². The summed E-state index contributed by atoms with van der Waals surface area (Å²) >= 11 is 0. The Bertz CT molecular complexity index is 985. The number of nitrogens with one attached hydrogen (secondary N) is 2. The maximum absolute atomic E-state index is 13.3. The third-order valence-electron chi connectivity index (χ3n) is 4.67. The van der Waals surface area contributed by atoms with Crippen molar-refractivity contribution < 1.29 is 9.13 Å². The Kier molecular flexibility index (Phi) is 5.21. The lowest BCUT2D eigenvalue weighted by molar-refractivity contribution is 0.122. The molecular formula is C18H22FN9O. The van der Waals surface area contributed by atoms with Crippen LogP contribution in [-0.4, -0.2) is 56.4 Å². The van der Waals surface area contributed by atoms with Crippen LogP contribution in [-0.2, 0) is 4.74 Å². The summed E-state index contributed by atoms with van der Waals surface area (Å²) in [5, 5.41) is 10.3. The molecule has 1 aliphatic rings. The van der Waals surface area contributed by atoms with Crippen LogP contribution in [0.1, 0.15) is 29.9 Å². The van der Waals surface area contributed by atoms with Crippen molar-refractivity contribution in [3.63, 3.8) is 0 Å². The van der Waals surface area contributed by atoms with Crippen LogP contribution in [0.15, 0.2) is 18.5 Å². The average molecular weight is 399 g/mol. The SMILES string of the molecule is Cc1cc(Nc2nc(N)nc(N3CCOCC3)c2[C@H](C)c2ncc(F)cn2)n[nH]1. The highest BCUT2D eigenvalue weighted by Crippen LogP contribution is 2.36. The van der Waals surface area contributed by atoms with E-state index in [0.717, 1.165) is 23.7 Å². The number of rotatable bonds is 5. The number of nitrogens with zero attached hydrogens (tertiary/aromatic N) is 6. The first-order valence-electron chi connectivity index (χ1n) is 9.28. The standard InChI is InChI=1S/C18H22FN9O/c1-10-7-13(27-26-10)23-16-14(11(2)15-21-8-12(19)9-22-15)17(25-18(20)24-16)28-3-5-29-6-4-28/h7-9,11H,3-6H2,1-2H3,(H4,20,23,24,25,26,27)/t11-/m0/s1. The number of halogens is 1. The van der Waals surface area contributed by atoms with Gasteiger partial charge < -0.3 is 20.7 Å². The number of hydrogen-bond acceptors (Lipinski definition) is 9. The minimum absolute atomic E-state index is 0.136. The maximum atomic E-state index is 13.3. The highest BCUT2D eigenvalue weighted by Gasteiger charge is 2.27. The van der Waals surface area contributed by atoms with E-state index >= 15 is 0 Å². The van der Waals surface area contributed by atoms with Crippen molar-refractivity contribution in [3.05, 3.63) is 41.4 Å². The van der Waals surface area contributed by atoms with Crippen LogP contribution in [0, 0.1) is 12.7 Å². The molecule has 1 aliphatic heterocycles. The molecule has 0 amide bonds. The van der Waals surface area contributed by atoms with E-state index in [0.29, 0.717) is 49.6 Å². The predicted molar refractivity (Wildman–Crippen MR) is 106 cm³/mol. The van der Waals surface area contributed by atoms with Gasteiger partial charge in [0.1, 0.15) is 17.5 Å². The first kappa shape index (κ1) is 19.0. The monoisotopic (exact) mass is 399 g/mol. The second kappa shape index (κ2) is 7.95. The molecule has 4 rings (SSSR count). The fourth-order valence-electron chi connectivity index (χ4n) is 3.26. The molecule has 0 aliphatic carbocycles. The molecule has 11 heteroatoms. The number of morpholine rings is 1. The van der Waals surface area contributed by atoms with Crippen LogP contribution in [0.4, 0.5) is 27.8 Å². The molecule has 0 aromatic carbocycles. The molecule has 4 heterocycles. The molecule has 0 radical (unpaired) electrons. The normalized spacial score (nSPS) is 15.3. The molecule has 1 fully saturated rings. The van der Waals surface area contributed by atoms with Crippen molar-refractivity contribution in [2.24, 2.45) is 0 Å². The van der Waals surface area contributed by atoms with Crippen molar-refractivity contribution in [1.82, 2.24) is 30.1 Å². The lowest BCUT2D eigenvalue weighted by Gasteiger charge is -2.31. The van der Waals surface area contributed by atoms with Crippen LogP contribution in [0.5, 0.6) is 0 Å². The minimum Gasteiger partial charge on any atom is -0.378 e. The number of aryl methyl sites for hydroxylation is 1. The van der Waals surface area contributed by atoms with E-state index in [2.05, 4.69) is 40.3 Å². The van der Waals surface area contributed by atoms with Crippen LogP contribution in [0.3, 0.4) is 0 Å². The third kappa shape index (κ3) is 4.09. The Morgan fingerprint density at radius 1 is 1.24 bits per heavy atom. The molecule has 29 heavy (non-hydrogen) atoms. The number of aromatic amines is 1. The third-order valence-corrected chi connectivity index (χ3v) is 4.67. The van der Waals surface area contributed by atoms with Gasteiger partial charge in [-0.15, -0.1) is 0 Å². The lowest BCUT2D eigenvalue weighted by Crippen LogP contribution is -2.38.